The van der Waals surface area contributed by atoms with Crippen LogP contribution in [0.1, 0.15) is 60.5 Å². The van der Waals surface area contributed by atoms with Crippen molar-refractivity contribution in [3.8, 4) is 0 Å². The Balaban J connectivity index is 1.32. The van der Waals surface area contributed by atoms with Gasteiger partial charge in [0.15, 0.2) is 0 Å². The molecule has 2 aliphatic rings. The van der Waals surface area contributed by atoms with Crippen LogP contribution in [0.3, 0.4) is 0 Å². The average Bonchev–Trinajstić information content (AvgIpc) is 3.06. The number of nitrogens with one attached hydrogen (secondary N) is 1. The van der Waals surface area contributed by atoms with Crippen molar-refractivity contribution in [3.63, 3.8) is 0 Å². The highest BCUT2D eigenvalue weighted by atomic mass is 16.5. The van der Waals surface area contributed by atoms with Crippen LogP contribution < -0.4 is 5.32 Å². The van der Waals surface area contributed by atoms with Crippen LogP contribution in [-0.2, 0) is 38.5 Å². The zero-order chi connectivity index (χ0) is 30.7. The molecule has 0 aliphatic carbocycles. The third-order valence-electron chi connectivity index (χ3n) is 8.74. The summed E-state index contributed by atoms with van der Waals surface area (Å²) in [5, 5.41) is 13.1. The number of amides is 2. The summed E-state index contributed by atoms with van der Waals surface area (Å²) in [6, 6.07) is 27.1. The van der Waals surface area contributed by atoms with E-state index in [2.05, 4.69) is 5.32 Å². The van der Waals surface area contributed by atoms with Crippen LogP contribution in [0.25, 0.3) is 0 Å². The Morgan fingerprint density at radius 3 is 2.34 bits per heavy atom. The molecule has 0 radical (unpaired) electrons. The number of esters is 1. The van der Waals surface area contributed by atoms with E-state index in [0.29, 0.717) is 32.2 Å². The summed E-state index contributed by atoms with van der Waals surface area (Å²) >= 11 is 0. The summed E-state index contributed by atoms with van der Waals surface area (Å²) in [6.45, 7) is 0.393. The SMILES string of the molecule is O=C1NCC(c2ccccc2)OC(=O)C(Cc2ccccc2)CCCC=CCC1CC(=O)N1Cc2ccccc2CC1CO. The molecule has 44 heavy (non-hydrogen) atoms. The first-order valence-electron chi connectivity index (χ1n) is 15.7. The second kappa shape index (κ2) is 15.5. The number of rotatable bonds is 6. The molecule has 3 aromatic rings. The average molecular weight is 595 g/mol. The fourth-order valence-corrected chi connectivity index (χ4v) is 6.19. The van der Waals surface area contributed by atoms with Crippen molar-refractivity contribution in [2.75, 3.05) is 13.2 Å². The molecule has 0 bridgehead atoms. The maximum Gasteiger partial charge on any atom is 0.309 e. The van der Waals surface area contributed by atoms with Gasteiger partial charge >= 0.3 is 5.97 Å². The van der Waals surface area contributed by atoms with Gasteiger partial charge in [0.05, 0.1) is 31.0 Å². The predicted molar refractivity (Wildman–Crippen MR) is 169 cm³/mol. The molecule has 7 nitrogen and oxygen atoms in total. The first-order chi connectivity index (χ1) is 21.5. The van der Waals surface area contributed by atoms with Gasteiger partial charge in [0.25, 0.3) is 0 Å². The monoisotopic (exact) mass is 594 g/mol. The zero-order valence-corrected chi connectivity index (χ0v) is 25.1. The van der Waals surface area contributed by atoms with E-state index >= 15 is 0 Å². The lowest BCUT2D eigenvalue weighted by Gasteiger charge is -2.36. The van der Waals surface area contributed by atoms with E-state index < -0.39 is 12.0 Å². The molecule has 3 aromatic carbocycles. The number of fused-ring (bicyclic) bond motifs is 1. The quantitative estimate of drug-likeness (QED) is 0.297. The van der Waals surface area contributed by atoms with E-state index in [-0.39, 0.29) is 49.3 Å². The summed E-state index contributed by atoms with van der Waals surface area (Å²) in [7, 11) is 0. The second-order valence-corrected chi connectivity index (χ2v) is 11.8. The molecule has 0 fully saturated rings. The van der Waals surface area contributed by atoms with Gasteiger partial charge in [-0.2, -0.15) is 0 Å². The van der Waals surface area contributed by atoms with E-state index in [9.17, 15) is 19.5 Å². The highest BCUT2D eigenvalue weighted by Crippen LogP contribution is 2.27. The molecule has 2 aliphatic heterocycles. The Labute approximate surface area is 259 Å². The summed E-state index contributed by atoms with van der Waals surface area (Å²) in [6.07, 6.45) is 7.27. The Morgan fingerprint density at radius 1 is 0.886 bits per heavy atom. The lowest BCUT2D eigenvalue weighted by molar-refractivity contribution is -0.155. The number of hydrogen-bond acceptors (Lipinski definition) is 5. The third-order valence-corrected chi connectivity index (χ3v) is 8.74. The highest BCUT2D eigenvalue weighted by Gasteiger charge is 2.32. The van der Waals surface area contributed by atoms with Crippen molar-refractivity contribution < 1.29 is 24.2 Å². The van der Waals surface area contributed by atoms with Crippen LogP contribution in [-0.4, -0.2) is 47.0 Å². The number of hydrogen-bond donors (Lipinski definition) is 2. The Bertz CT molecular complexity index is 1420. The lowest BCUT2D eigenvalue weighted by Crippen LogP contribution is -2.47. The van der Waals surface area contributed by atoms with E-state index in [1.54, 1.807) is 4.90 Å². The number of nitrogens with zero attached hydrogens (tertiary/aromatic N) is 1. The molecule has 4 atom stereocenters. The predicted octanol–water partition coefficient (Wildman–Crippen LogP) is 5.33. The number of carbonyl (C=O) groups is 3. The van der Waals surface area contributed by atoms with Gasteiger partial charge in [0.1, 0.15) is 6.10 Å². The van der Waals surface area contributed by atoms with Gasteiger partial charge in [-0.1, -0.05) is 97.1 Å². The van der Waals surface area contributed by atoms with Crippen molar-refractivity contribution in [2.24, 2.45) is 11.8 Å². The van der Waals surface area contributed by atoms with Crippen molar-refractivity contribution in [2.45, 2.75) is 63.6 Å². The van der Waals surface area contributed by atoms with E-state index in [0.717, 1.165) is 35.1 Å². The highest BCUT2D eigenvalue weighted by molar-refractivity contribution is 5.86. The number of aliphatic hydroxyl groups is 1. The maximum absolute atomic E-state index is 13.6. The number of aliphatic hydroxyl groups excluding tert-OH is 1. The lowest BCUT2D eigenvalue weighted by atomic mass is 9.92. The van der Waals surface area contributed by atoms with Crippen molar-refractivity contribution in [1.82, 2.24) is 10.2 Å². The van der Waals surface area contributed by atoms with Gasteiger partial charge in [-0.25, -0.2) is 0 Å². The largest absolute Gasteiger partial charge is 0.455 e. The number of allylic oxidation sites excluding steroid dienone is 2. The second-order valence-electron chi connectivity index (χ2n) is 11.8. The summed E-state index contributed by atoms with van der Waals surface area (Å²) in [5.41, 5.74) is 4.10. The minimum Gasteiger partial charge on any atom is -0.455 e. The van der Waals surface area contributed by atoms with Gasteiger partial charge < -0.3 is 20.1 Å². The van der Waals surface area contributed by atoms with E-state index in [4.69, 9.17) is 4.74 Å². The molecule has 0 saturated carbocycles. The Morgan fingerprint density at radius 2 is 1.59 bits per heavy atom. The van der Waals surface area contributed by atoms with Crippen LogP contribution in [0, 0.1) is 11.8 Å². The molecule has 2 heterocycles. The number of benzene rings is 3. The molecule has 7 heteroatoms. The first kappa shape index (κ1) is 31.2. The van der Waals surface area contributed by atoms with Crippen LogP contribution in [0.4, 0.5) is 0 Å². The summed E-state index contributed by atoms with van der Waals surface area (Å²) < 4.78 is 6.11. The van der Waals surface area contributed by atoms with E-state index in [1.807, 2.05) is 97.1 Å². The molecule has 4 unspecified atom stereocenters. The molecule has 0 aromatic heterocycles. The summed E-state index contributed by atoms with van der Waals surface area (Å²) in [5.74, 6) is -1.56. The van der Waals surface area contributed by atoms with E-state index in [1.165, 1.54) is 0 Å². The van der Waals surface area contributed by atoms with Crippen LogP contribution in [0.15, 0.2) is 97.1 Å². The number of ether oxygens (including phenoxy) is 1. The fourth-order valence-electron chi connectivity index (χ4n) is 6.19. The van der Waals surface area contributed by atoms with Gasteiger partial charge in [-0.05, 0) is 60.8 Å². The fraction of sp³-hybridized carbons (Fsp3) is 0.378. The maximum atomic E-state index is 13.6. The first-order valence-corrected chi connectivity index (χ1v) is 15.7. The Kier molecular flexibility index (Phi) is 11.0. The van der Waals surface area contributed by atoms with Crippen LogP contribution >= 0.6 is 0 Å². The standard InChI is InChI=1S/C37H42N2O5/c40-26-33-22-29-17-11-12-20-32(29)25-39(33)35(41)23-30-18-7-1-2-8-19-31(21-27-13-5-3-6-14-27)37(43)44-34(24-38-36(30)42)28-15-9-4-10-16-28/h1,3-7,9-17,20,30-31,33-34,40H,2,8,18-19,21-26H2,(H,38,42). The van der Waals surface area contributed by atoms with Crippen LogP contribution in [0.5, 0.6) is 0 Å². The summed E-state index contributed by atoms with van der Waals surface area (Å²) in [4.78, 5) is 42.5. The molecule has 230 valence electrons. The Hall–Kier alpha value is -4.23. The van der Waals surface area contributed by atoms with Crippen molar-refractivity contribution in [1.29, 1.82) is 0 Å². The molecular weight excluding hydrogens is 552 g/mol. The van der Waals surface area contributed by atoms with Crippen molar-refractivity contribution >= 4 is 17.8 Å². The smallest absolute Gasteiger partial charge is 0.309 e. The molecule has 5 rings (SSSR count). The van der Waals surface area contributed by atoms with Gasteiger partial charge in [0.2, 0.25) is 11.8 Å². The minimum atomic E-state index is -0.655. The molecular formula is C37H42N2O5. The molecule has 0 saturated heterocycles. The molecule has 2 N–H and O–H groups in total. The van der Waals surface area contributed by atoms with Gasteiger partial charge in [-0.3, -0.25) is 14.4 Å². The number of carbonyl (C=O) groups excluding carboxylic acids is 3. The molecule has 0 spiro atoms. The van der Waals surface area contributed by atoms with Gasteiger partial charge in [-0.15, -0.1) is 0 Å². The third kappa shape index (κ3) is 8.23. The van der Waals surface area contributed by atoms with Gasteiger partial charge in [0, 0.05) is 13.0 Å². The normalized spacial score (nSPS) is 23.2. The minimum absolute atomic E-state index is 0.0315. The van der Waals surface area contributed by atoms with Crippen molar-refractivity contribution in [3.05, 3.63) is 119 Å². The van der Waals surface area contributed by atoms with Crippen LogP contribution in [0.2, 0.25) is 0 Å². The number of cyclic esters (lactones) is 1. The zero-order valence-electron chi connectivity index (χ0n) is 25.1. The molecule has 2 amide bonds. The topological polar surface area (TPSA) is 95.9 Å².